The topological polar surface area (TPSA) is 79.2 Å². The summed E-state index contributed by atoms with van der Waals surface area (Å²) in [5.74, 6) is -1.39. The second-order valence-corrected chi connectivity index (χ2v) is 5.50. The molecule has 1 fully saturated rings. The van der Waals surface area contributed by atoms with E-state index in [1.165, 1.54) is 19.9 Å². The molecule has 1 aliphatic rings. The van der Waals surface area contributed by atoms with Crippen LogP contribution in [0.3, 0.4) is 0 Å². The summed E-state index contributed by atoms with van der Waals surface area (Å²) in [6.45, 7) is 3.79. The molecule has 1 amide bonds. The molecule has 0 bridgehead atoms. The maximum Gasteiger partial charge on any atom is 0.331 e. The van der Waals surface area contributed by atoms with E-state index in [2.05, 4.69) is 5.16 Å². The van der Waals surface area contributed by atoms with Gasteiger partial charge in [0, 0.05) is 38.4 Å². The van der Waals surface area contributed by atoms with Crippen LogP contribution in [0.4, 0.5) is 4.39 Å². The van der Waals surface area contributed by atoms with Crippen LogP contribution in [-0.2, 0) is 14.4 Å². The van der Waals surface area contributed by atoms with Crippen LogP contribution in [0.15, 0.2) is 23.4 Å². The van der Waals surface area contributed by atoms with Gasteiger partial charge in [-0.15, -0.1) is 0 Å². The summed E-state index contributed by atoms with van der Waals surface area (Å²) in [5, 5.41) is 13.8. The number of hydrogen-bond donors (Lipinski definition) is 1. The molecule has 0 radical (unpaired) electrons. The first-order valence-electron chi connectivity index (χ1n) is 7.38. The summed E-state index contributed by atoms with van der Waals surface area (Å²) in [6.07, 6.45) is 1.19. The van der Waals surface area contributed by atoms with Gasteiger partial charge in [-0.25, -0.2) is 9.18 Å². The molecule has 124 valence electrons. The lowest BCUT2D eigenvalue weighted by atomic mass is 9.87. The number of aromatic hydroxyl groups is 1. The molecular formula is C16H19FN2O4. The quantitative estimate of drug-likeness (QED) is 0.525. The van der Waals surface area contributed by atoms with Crippen LogP contribution in [-0.4, -0.2) is 40.7 Å². The molecule has 0 unspecified atom stereocenters. The van der Waals surface area contributed by atoms with Gasteiger partial charge in [0.05, 0.1) is 5.71 Å². The van der Waals surface area contributed by atoms with Crippen molar-refractivity contribution in [1.82, 2.24) is 4.90 Å². The standard InChI is InChI=1S/C16H19FN2O4/c1-10(20)19-7-5-12(6-8-19)16(18-23-11(2)21)14-9-13(17)3-4-15(14)22/h3-4,9,12,22H,5-8H2,1-2H3/b18-16-. The van der Waals surface area contributed by atoms with Gasteiger partial charge in [0.2, 0.25) is 5.91 Å². The zero-order valence-corrected chi connectivity index (χ0v) is 13.1. The zero-order chi connectivity index (χ0) is 17.0. The monoisotopic (exact) mass is 322 g/mol. The molecule has 1 saturated heterocycles. The van der Waals surface area contributed by atoms with Crippen molar-refractivity contribution in [2.45, 2.75) is 26.7 Å². The summed E-state index contributed by atoms with van der Waals surface area (Å²) in [6, 6.07) is 3.54. The minimum Gasteiger partial charge on any atom is -0.507 e. The van der Waals surface area contributed by atoms with Gasteiger partial charge < -0.3 is 14.8 Å². The Morgan fingerprint density at radius 3 is 2.52 bits per heavy atom. The van der Waals surface area contributed by atoms with Crippen molar-refractivity contribution in [2.24, 2.45) is 11.1 Å². The number of halogens is 1. The molecular weight excluding hydrogens is 303 g/mol. The number of piperidine rings is 1. The number of hydrogen-bond acceptors (Lipinski definition) is 5. The second-order valence-electron chi connectivity index (χ2n) is 5.50. The molecule has 1 heterocycles. The average Bonchev–Trinajstić information content (AvgIpc) is 2.51. The van der Waals surface area contributed by atoms with Gasteiger partial charge in [0.1, 0.15) is 11.6 Å². The summed E-state index contributed by atoms with van der Waals surface area (Å²) >= 11 is 0. The predicted molar refractivity (Wildman–Crippen MR) is 81.3 cm³/mol. The molecule has 6 nitrogen and oxygen atoms in total. The Morgan fingerprint density at radius 1 is 1.30 bits per heavy atom. The number of nitrogens with zero attached hydrogens (tertiary/aromatic N) is 2. The Labute approximate surface area is 133 Å². The maximum atomic E-state index is 13.5. The molecule has 1 N–H and O–H groups in total. The van der Waals surface area contributed by atoms with Crippen LogP contribution in [0.1, 0.15) is 32.3 Å². The van der Waals surface area contributed by atoms with Crippen LogP contribution < -0.4 is 0 Å². The highest BCUT2D eigenvalue weighted by Gasteiger charge is 2.28. The zero-order valence-electron chi connectivity index (χ0n) is 13.1. The number of carbonyl (C=O) groups is 2. The first-order chi connectivity index (χ1) is 10.9. The number of oxime groups is 1. The van der Waals surface area contributed by atoms with E-state index < -0.39 is 11.8 Å². The first kappa shape index (κ1) is 16.9. The van der Waals surface area contributed by atoms with E-state index in [-0.39, 0.29) is 23.1 Å². The third-order valence-electron chi connectivity index (χ3n) is 3.83. The fourth-order valence-electron chi connectivity index (χ4n) is 2.64. The SMILES string of the molecule is CC(=O)O/N=C(\c1cc(F)ccc1O)C1CCN(C(C)=O)CC1. The van der Waals surface area contributed by atoms with Crippen molar-refractivity contribution in [3.63, 3.8) is 0 Å². The highest BCUT2D eigenvalue weighted by Crippen LogP contribution is 2.28. The van der Waals surface area contributed by atoms with Crippen molar-refractivity contribution >= 4 is 17.6 Å². The minimum atomic E-state index is -0.598. The third-order valence-corrected chi connectivity index (χ3v) is 3.83. The molecule has 7 heteroatoms. The number of benzene rings is 1. The average molecular weight is 322 g/mol. The van der Waals surface area contributed by atoms with E-state index in [1.54, 1.807) is 4.90 Å². The molecule has 0 aromatic heterocycles. The fourth-order valence-corrected chi connectivity index (χ4v) is 2.64. The lowest BCUT2D eigenvalue weighted by Crippen LogP contribution is -2.39. The Morgan fingerprint density at radius 2 is 1.96 bits per heavy atom. The van der Waals surface area contributed by atoms with E-state index in [1.807, 2.05) is 0 Å². The van der Waals surface area contributed by atoms with Gasteiger partial charge in [0.25, 0.3) is 0 Å². The van der Waals surface area contributed by atoms with Gasteiger partial charge in [-0.2, -0.15) is 0 Å². The van der Waals surface area contributed by atoms with Gasteiger partial charge in [-0.3, -0.25) is 4.79 Å². The third kappa shape index (κ3) is 4.28. The molecule has 23 heavy (non-hydrogen) atoms. The normalized spacial score (nSPS) is 16.3. The van der Waals surface area contributed by atoms with Gasteiger partial charge in [-0.05, 0) is 31.0 Å². The minimum absolute atomic E-state index is 0.00414. The summed E-state index contributed by atoms with van der Waals surface area (Å²) in [7, 11) is 0. The molecule has 1 aliphatic heterocycles. The van der Waals surface area contributed by atoms with E-state index >= 15 is 0 Å². The van der Waals surface area contributed by atoms with E-state index in [0.717, 1.165) is 12.1 Å². The fraction of sp³-hybridized carbons (Fsp3) is 0.438. The number of carbonyl (C=O) groups excluding carboxylic acids is 2. The summed E-state index contributed by atoms with van der Waals surface area (Å²) < 4.78 is 13.5. The van der Waals surface area contributed by atoms with Crippen molar-refractivity contribution in [3.05, 3.63) is 29.6 Å². The molecule has 0 spiro atoms. The Kier molecular flexibility index (Phi) is 5.31. The number of rotatable bonds is 3. The molecule has 0 saturated carbocycles. The molecule has 2 rings (SSSR count). The van der Waals surface area contributed by atoms with Crippen LogP contribution in [0, 0.1) is 11.7 Å². The van der Waals surface area contributed by atoms with E-state index in [9.17, 15) is 19.1 Å². The lowest BCUT2D eigenvalue weighted by molar-refractivity contribution is -0.141. The molecule has 1 aromatic rings. The highest BCUT2D eigenvalue weighted by molar-refractivity contribution is 6.04. The first-order valence-corrected chi connectivity index (χ1v) is 7.38. The van der Waals surface area contributed by atoms with Crippen molar-refractivity contribution in [1.29, 1.82) is 0 Å². The maximum absolute atomic E-state index is 13.5. The number of phenolic OH excluding ortho intramolecular Hbond substituents is 1. The molecule has 1 aromatic carbocycles. The van der Waals surface area contributed by atoms with Crippen molar-refractivity contribution in [3.8, 4) is 5.75 Å². The number of amides is 1. The largest absolute Gasteiger partial charge is 0.507 e. The van der Waals surface area contributed by atoms with Crippen LogP contribution >= 0.6 is 0 Å². The van der Waals surface area contributed by atoms with Crippen LogP contribution in [0.5, 0.6) is 5.75 Å². The molecule has 0 aliphatic carbocycles. The summed E-state index contributed by atoms with van der Waals surface area (Å²) in [5.41, 5.74) is 0.521. The van der Waals surface area contributed by atoms with Gasteiger partial charge >= 0.3 is 5.97 Å². The van der Waals surface area contributed by atoms with Gasteiger partial charge in [-0.1, -0.05) is 5.16 Å². The Balaban J connectivity index is 2.29. The lowest BCUT2D eigenvalue weighted by Gasteiger charge is -2.31. The Hall–Kier alpha value is -2.44. The van der Waals surface area contributed by atoms with E-state index in [0.29, 0.717) is 31.6 Å². The van der Waals surface area contributed by atoms with E-state index in [4.69, 9.17) is 4.84 Å². The van der Waals surface area contributed by atoms with Crippen molar-refractivity contribution < 1.29 is 23.9 Å². The number of likely N-dealkylation sites (tertiary alicyclic amines) is 1. The Bertz CT molecular complexity index is 637. The summed E-state index contributed by atoms with van der Waals surface area (Å²) in [4.78, 5) is 28.9. The highest BCUT2D eigenvalue weighted by atomic mass is 19.1. The smallest absolute Gasteiger partial charge is 0.331 e. The van der Waals surface area contributed by atoms with Crippen molar-refractivity contribution in [2.75, 3.05) is 13.1 Å². The van der Waals surface area contributed by atoms with Gasteiger partial charge in [0.15, 0.2) is 0 Å². The predicted octanol–water partition coefficient (Wildman–Crippen LogP) is 2.06. The second kappa shape index (κ2) is 7.21. The number of phenols is 1. The molecule has 0 atom stereocenters. The van der Waals surface area contributed by atoms with Crippen LogP contribution in [0.2, 0.25) is 0 Å². The van der Waals surface area contributed by atoms with Crippen LogP contribution in [0.25, 0.3) is 0 Å².